The molecule has 1 atom stereocenters. The van der Waals surface area contributed by atoms with Crippen LogP contribution in [0.1, 0.15) is 31.0 Å². The summed E-state index contributed by atoms with van der Waals surface area (Å²) in [6, 6.07) is 0.615. The first-order valence-corrected chi connectivity index (χ1v) is 7.05. The standard InChI is InChI=1S/C12H21N3S/c1-3-4-11-9-16-12(14-11)8-15-6-5-13-10(2)7-15/h9-10,13H,3-8H2,1-2H3/t10-/m0/s1. The fraction of sp³-hybridized carbons (Fsp3) is 0.750. The monoisotopic (exact) mass is 239 g/mol. The highest BCUT2D eigenvalue weighted by Crippen LogP contribution is 2.14. The highest BCUT2D eigenvalue weighted by Gasteiger charge is 2.16. The fourth-order valence-electron chi connectivity index (χ4n) is 2.14. The van der Waals surface area contributed by atoms with Crippen LogP contribution < -0.4 is 5.32 Å². The molecule has 0 bridgehead atoms. The summed E-state index contributed by atoms with van der Waals surface area (Å²) in [6.45, 7) is 8.87. The molecule has 4 heteroatoms. The van der Waals surface area contributed by atoms with Gasteiger partial charge in [-0.05, 0) is 13.3 Å². The maximum Gasteiger partial charge on any atom is 0.107 e. The topological polar surface area (TPSA) is 28.2 Å². The van der Waals surface area contributed by atoms with Crippen LogP contribution in [0.2, 0.25) is 0 Å². The number of aryl methyl sites for hydroxylation is 1. The number of aromatic nitrogens is 1. The lowest BCUT2D eigenvalue weighted by atomic mass is 10.2. The van der Waals surface area contributed by atoms with Crippen LogP contribution >= 0.6 is 11.3 Å². The van der Waals surface area contributed by atoms with Crippen molar-refractivity contribution in [1.29, 1.82) is 0 Å². The van der Waals surface area contributed by atoms with Crippen molar-refractivity contribution in [2.24, 2.45) is 0 Å². The van der Waals surface area contributed by atoms with E-state index in [1.54, 1.807) is 0 Å². The molecule has 1 fully saturated rings. The highest BCUT2D eigenvalue weighted by atomic mass is 32.1. The van der Waals surface area contributed by atoms with Gasteiger partial charge in [0.05, 0.1) is 12.2 Å². The first kappa shape index (κ1) is 12.0. The van der Waals surface area contributed by atoms with Crippen molar-refractivity contribution >= 4 is 11.3 Å². The third kappa shape index (κ3) is 3.27. The Labute approximate surface area is 102 Å². The lowest BCUT2D eigenvalue weighted by Crippen LogP contribution is -2.48. The lowest BCUT2D eigenvalue weighted by molar-refractivity contribution is 0.199. The number of piperazine rings is 1. The average Bonchev–Trinajstić information content (AvgIpc) is 2.66. The molecule has 1 saturated heterocycles. The second-order valence-corrected chi connectivity index (χ2v) is 5.52. The fourth-order valence-corrected chi connectivity index (χ4v) is 3.01. The number of hydrogen-bond acceptors (Lipinski definition) is 4. The van der Waals surface area contributed by atoms with Gasteiger partial charge in [-0.2, -0.15) is 0 Å². The molecule has 0 aromatic carbocycles. The predicted octanol–water partition coefficient (Wildman–Crippen LogP) is 1.89. The van der Waals surface area contributed by atoms with Crippen molar-refractivity contribution in [3.63, 3.8) is 0 Å². The SMILES string of the molecule is CCCc1csc(CN2CCN[C@@H](C)C2)n1. The molecule has 0 radical (unpaired) electrons. The van der Waals surface area contributed by atoms with Gasteiger partial charge in [0.2, 0.25) is 0 Å². The largest absolute Gasteiger partial charge is 0.312 e. The number of nitrogens with zero attached hydrogens (tertiary/aromatic N) is 2. The summed E-state index contributed by atoms with van der Waals surface area (Å²) in [5.74, 6) is 0. The Balaban J connectivity index is 1.87. The summed E-state index contributed by atoms with van der Waals surface area (Å²) in [5.41, 5.74) is 1.27. The van der Waals surface area contributed by atoms with Crippen LogP contribution in [0, 0.1) is 0 Å². The first-order chi connectivity index (χ1) is 7.78. The zero-order valence-corrected chi connectivity index (χ0v) is 11.0. The van der Waals surface area contributed by atoms with Crippen molar-refractivity contribution in [2.45, 2.75) is 39.3 Å². The molecule has 0 unspecified atom stereocenters. The maximum atomic E-state index is 4.68. The molecule has 90 valence electrons. The Morgan fingerprint density at radius 1 is 1.62 bits per heavy atom. The molecule has 2 rings (SSSR count). The van der Waals surface area contributed by atoms with Gasteiger partial charge in [-0.3, -0.25) is 4.90 Å². The first-order valence-electron chi connectivity index (χ1n) is 6.17. The average molecular weight is 239 g/mol. The van der Waals surface area contributed by atoms with Crippen LogP contribution in [0.15, 0.2) is 5.38 Å². The molecular formula is C12H21N3S. The van der Waals surface area contributed by atoms with E-state index in [4.69, 9.17) is 0 Å². The molecule has 2 heterocycles. The number of nitrogens with one attached hydrogen (secondary N) is 1. The molecule has 1 aliphatic heterocycles. The van der Waals surface area contributed by atoms with E-state index in [9.17, 15) is 0 Å². The van der Waals surface area contributed by atoms with Gasteiger partial charge in [0, 0.05) is 31.1 Å². The van der Waals surface area contributed by atoms with E-state index in [-0.39, 0.29) is 0 Å². The summed E-state index contributed by atoms with van der Waals surface area (Å²) >= 11 is 1.81. The summed E-state index contributed by atoms with van der Waals surface area (Å²) in [6.07, 6.45) is 2.31. The van der Waals surface area contributed by atoms with Gasteiger partial charge in [0.15, 0.2) is 0 Å². The van der Waals surface area contributed by atoms with Crippen molar-refractivity contribution in [1.82, 2.24) is 15.2 Å². The Kier molecular flexibility index (Phi) is 4.32. The van der Waals surface area contributed by atoms with E-state index < -0.39 is 0 Å². The van der Waals surface area contributed by atoms with Crippen LogP contribution in [-0.4, -0.2) is 35.6 Å². The van der Waals surface area contributed by atoms with Gasteiger partial charge in [0.1, 0.15) is 5.01 Å². The minimum absolute atomic E-state index is 0.615. The van der Waals surface area contributed by atoms with Gasteiger partial charge in [-0.15, -0.1) is 11.3 Å². The lowest BCUT2D eigenvalue weighted by Gasteiger charge is -2.31. The van der Waals surface area contributed by atoms with Crippen LogP contribution in [-0.2, 0) is 13.0 Å². The molecule has 0 spiro atoms. The third-order valence-corrected chi connectivity index (χ3v) is 3.80. The van der Waals surface area contributed by atoms with Gasteiger partial charge < -0.3 is 5.32 Å². The second kappa shape index (κ2) is 5.75. The molecule has 1 aromatic rings. The van der Waals surface area contributed by atoms with E-state index in [0.717, 1.165) is 32.6 Å². The van der Waals surface area contributed by atoms with Crippen molar-refractivity contribution in [2.75, 3.05) is 19.6 Å². The second-order valence-electron chi connectivity index (χ2n) is 4.57. The molecule has 0 saturated carbocycles. The van der Waals surface area contributed by atoms with E-state index in [1.165, 1.54) is 17.1 Å². The Bertz CT molecular complexity index is 324. The Morgan fingerprint density at radius 3 is 3.25 bits per heavy atom. The highest BCUT2D eigenvalue weighted by molar-refractivity contribution is 7.09. The molecule has 0 amide bonds. The molecule has 1 aromatic heterocycles. The van der Waals surface area contributed by atoms with E-state index in [1.807, 2.05) is 11.3 Å². The zero-order chi connectivity index (χ0) is 11.4. The minimum atomic E-state index is 0.615. The number of rotatable bonds is 4. The normalized spacial score (nSPS) is 22.5. The minimum Gasteiger partial charge on any atom is -0.312 e. The van der Waals surface area contributed by atoms with Crippen molar-refractivity contribution in [3.8, 4) is 0 Å². The predicted molar refractivity (Wildman–Crippen MR) is 68.9 cm³/mol. The Morgan fingerprint density at radius 2 is 2.50 bits per heavy atom. The summed E-state index contributed by atoms with van der Waals surface area (Å²) in [5, 5.41) is 6.95. The van der Waals surface area contributed by atoms with Gasteiger partial charge in [-0.25, -0.2) is 4.98 Å². The molecule has 1 aliphatic rings. The van der Waals surface area contributed by atoms with Gasteiger partial charge in [-0.1, -0.05) is 13.3 Å². The van der Waals surface area contributed by atoms with Crippen molar-refractivity contribution < 1.29 is 0 Å². The smallest absolute Gasteiger partial charge is 0.107 e. The summed E-state index contributed by atoms with van der Waals surface area (Å²) in [7, 11) is 0. The number of hydrogen-bond donors (Lipinski definition) is 1. The van der Waals surface area contributed by atoms with E-state index in [2.05, 4.69) is 34.4 Å². The maximum absolute atomic E-state index is 4.68. The van der Waals surface area contributed by atoms with Crippen LogP contribution in [0.25, 0.3) is 0 Å². The molecule has 16 heavy (non-hydrogen) atoms. The van der Waals surface area contributed by atoms with Crippen LogP contribution in [0.3, 0.4) is 0 Å². The molecule has 3 nitrogen and oxygen atoms in total. The van der Waals surface area contributed by atoms with Crippen molar-refractivity contribution in [3.05, 3.63) is 16.1 Å². The van der Waals surface area contributed by atoms with Crippen LogP contribution in [0.4, 0.5) is 0 Å². The third-order valence-electron chi connectivity index (χ3n) is 2.92. The zero-order valence-electron chi connectivity index (χ0n) is 10.2. The van der Waals surface area contributed by atoms with E-state index in [0.29, 0.717) is 6.04 Å². The Hall–Kier alpha value is -0.450. The van der Waals surface area contributed by atoms with Gasteiger partial charge in [0.25, 0.3) is 0 Å². The van der Waals surface area contributed by atoms with E-state index >= 15 is 0 Å². The van der Waals surface area contributed by atoms with Gasteiger partial charge >= 0.3 is 0 Å². The molecular weight excluding hydrogens is 218 g/mol. The molecule has 0 aliphatic carbocycles. The molecule has 1 N–H and O–H groups in total. The van der Waals surface area contributed by atoms with Crippen LogP contribution in [0.5, 0.6) is 0 Å². The summed E-state index contributed by atoms with van der Waals surface area (Å²) in [4.78, 5) is 7.17. The summed E-state index contributed by atoms with van der Waals surface area (Å²) < 4.78 is 0. The number of thiazole rings is 1. The quantitative estimate of drug-likeness (QED) is 0.869.